The molecule has 0 atom stereocenters. The molecule has 6 nitrogen and oxygen atoms in total. The van der Waals surface area contributed by atoms with Gasteiger partial charge in [-0.1, -0.05) is 67.4 Å². The van der Waals surface area contributed by atoms with Crippen LogP contribution in [0.2, 0.25) is 10.0 Å². The van der Waals surface area contributed by atoms with E-state index in [0.29, 0.717) is 45.9 Å². The second-order valence-corrected chi connectivity index (χ2v) is 11.2. The van der Waals surface area contributed by atoms with Crippen LogP contribution in [-0.2, 0) is 16.6 Å². The SMILES string of the molecule is CC(C)c1ccccc1OCCNC(=O)c1ccc(CN(c2cc(Cl)cc(Cl)c2)S(C)(=O)=O)cc1. The first-order valence-corrected chi connectivity index (χ1v) is 13.7. The summed E-state index contributed by atoms with van der Waals surface area (Å²) < 4.78 is 31.9. The van der Waals surface area contributed by atoms with Crippen LogP contribution in [-0.4, -0.2) is 33.7 Å². The van der Waals surface area contributed by atoms with Crippen molar-refractivity contribution in [3.05, 3.63) is 93.5 Å². The number of benzene rings is 3. The number of para-hydroxylation sites is 1. The highest BCUT2D eigenvalue weighted by Crippen LogP contribution is 2.28. The summed E-state index contributed by atoms with van der Waals surface area (Å²) in [5, 5.41) is 3.52. The average molecular weight is 535 g/mol. The second kappa shape index (κ2) is 11.8. The minimum Gasteiger partial charge on any atom is -0.491 e. The van der Waals surface area contributed by atoms with Crippen molar-refractivity contribution in [2.24, 2.45) is 0 Å². The highest BCUT2D eigenvalue weighted by Gasteiger charge is 2.19. The molecular formula is C26H28Cl2N2O4S. The first-order valence-electron chi connectivity index (χ1n) is 11.1. The molecule has 0 aliphatic carbocycles. The predicted octanol–water partition coefficient (Wildman–Crippen LogP) is 5.89. The van der Waals surface area contributed by atoms with E-state index < -0.39 is 10.0 Å². The van der Waals surface area contributed by atoms with Gasteiger partial charge in [0, 0.05) is 15.6 Å². The lowest BCUT2D eigenvalue weighted by atomic mass is 10.0. The Morgan fingerprint density at radius 3 is 2.23 bits per heavy atom. The van der Waals surface area contributed by atoms with Gasteiger partial charge in [0.2, 0.25) is 10.0 Å². The molecule has 3 rings (SSSR count). The van der Waals surface area contributed by atoms with Crippen LogP contribution in [0.3, 0.4) is 0 Å². The number of ether oxygens (including phenoxy) is 1. The lowest BCUT2D eigenvalue weighted by Crippen LogP contribution is -2.29. The zero-order chi connectivity index (χ0) is 25.6. The number of amides is 1. The molecular weight excluding hydrogens is 507 g/mol. The van der Waals surface area contributed by atoms with Gasteiger partial charge in [-0.05, 0) is 53.4 Å². The van der Waals surface area contributed by atoms with Gasteiger partial charge in [-0.15, -0.1) is 0 Å². The molecule has 0 aliphatic rings. The van der Waals surface area contributed by atoms with Crippen LogP contribution in [0, 0.1) is 0 Å². The largest absolute Gasteiger partial charge is 0.491 e. The molecule has 186 valence electrons. The third-order valence-corrected chi connectivity index (χ3v) is 6.84. The third kappa shape index (κ3) is 7.62. The average Bonchev–Trinajstić information content (AvgIpc) is 2.79. The molecule has 0 saturated carbocycles. The van der Waals surface area contributed by atoms with Crippen molar-refractivity contribution >= 4 is 44.8 Å². The summed E-state index contributed by atoms with van der Waals surface area (Å²) in [5.74, 6) is 0.921. The summed E-state index contributed by atoms with van der Waals surface area (Å²) in [4.78, 5) is 12.5. The Morgan fingerprint density at radius 2 is 1.63 bits per heavy atom. The van der Waals surface area contributed by atoms with E-state index in [4.69, 9.17) is 27.9 Å². The van der Waals surface area contributed by atoms with Crippen molar-refractivity contribution in [3.63, 3.8) is 0 Å². The van der Waals surface area contributed by atoms with Crippen LogP contribution in [0.15, 0.2) is 66.7 Å². The van der Waals surface area contributed by atoms with Crippen molar-refractivity contribution in [1.82, 2.24) is 5.32 Å². The number of sulfonamides is 1. The Kier molecular flexibility index (Phi) is 9.05. The minimum atomic E-state index is -3.60. The maximum absolute atomic E-state index is 12.5. The van der Waals surface area contributed by atoms with Gasteiger partial charge in [-0.3, -0.25) is 9.10 Å². The number of anilines is 1. The highest BCUT2D eigenvalue weighted by molar-refractivity contribution is 7.92. The van der Waals surface area contributed by atoms with Crippen molar-refractivity contribution in [1.29, 1.82) is 0 Å². The zero-order valence-corrected chi connectivity index (χ0v) is 22.1. The number of rotatable bonds is 10. The molecule has 0 spiro atoms. The molecule has 3 aromatic carbocycles. The summed E-state index contributed by atoms with van der Waals surface area (Å²) >= 11 is 12.1. The van der Waals surface area contributed by atoms with Crippen LogP contribution in [0.5, 0.6) is 5.75 Å². The van der Waals surface area contributed by atoms with Crippen LogP contribution >= 0.6 is 23.2 Å². The molecule has 0 aromatic heterocycles. The van der Waals surface area contributed by atoms with E-state index in [0.717, 1.165) is 17.6 Å². The molecule has 1 amide bonds. The number of halogens is 2. The lowest BCUT2D eigenvalue weighted by molar-refractivity contribution is 0.0947. The Labute approximate surface area is 216 Å². The van der Waals surface area contributed by atoms with Crippen LogP contribution in [0.4, 0.5) is 5.69 Å². The topological polar surface area (TPSA) is 75.7 Å². The van der Waals surface area contributed by atoms with E-state index in [1.54, 1.807) is 24.3 Å². The first kappa shape index (κ1) is 26.9. The van der Waals surface area contributed by atoms with Gasteiger partial charge >= 0.3 is 0 Å². The van der Waals surface area contributed by atoms with E-state index >= 15 is 0 Å². The number of hydrogen-bond donors (Lipinski definition) is 1. The molecule has 0 heterocycles. The molecule has 0 bridgehead atoms. The van der Waals surface area contributed by atoms with E-state index in [2.05, 4.69) is 19.2 Å². The molecule has 1 N–H and O–H groups in total. The van der Waals surface area contributed by atoms with Crippen LogP contribution in [0.1, 0.15) is 41.3 Å². The van der Waals surface area contributed by atoms with Gasteiger partial charge in [0.15, 0.2) is 0 Å². The van der Waals surface area contributed by atoms with E-state index in [9.17, 15) is 13.2 Å². The van der Waals surface area contributed by atoms with Crippen LogP contribution < -0.4 is 14.4 Å². The van der Waals surface area contributed by atoms with Crippen molar-refractivity contribution < 1.29 is 17.9 Å². The standard InChI is InChI=1S/C26H28Cl2N2O4S/c1-18(2)24-6-4-5-7-25(24)34-13-12-29-26(31)20-10-8-19(9-11-20)17-30(35(3,32)33)23-15-21(27)14-22(28)16-23/h4-11,14-16,18H,12-13,17H2,1-3H3,(H,29,31). The van der Waals surface area contributed by atoms with Gasteiger partial charge in [0.05, 0.1) is 25.0 Å². The fraction of sp³-hybridized carbons (Fsp3) is 0.269. The van der Waals surface area contributed by atoms with Crippen molar-refractivity contribution in [3.8, 4) is 5.75 Å². The normalized spacial score (nSPS) is 11.4. The Balaban J connectivity index is 1.60. The van der Waals surface area contributed by atoms with E-state index in [1.165, 1.54) is 22.5 Å². The fourth-order valence-corrected chi connectivity index (χ4v) is 4.91. The molecule has 0 aliphatic heterocycles. The van der Waals surface area contributed by atoms with E-state index in [-0.39, 0.29) is 12.5 Å². The van der Waals surface area contributed by atoms with Crippen LogP contribution in [0.25, 0.3) is 0 Å². The maximum atomic E-state index is 12.5. The highest BCUT2D eigenvalue weighted by atomic mass is 35.5. The smallest absolute Gasteiger partial charge is 0.251 e. The van der Waals surface area contributed by atoms with Gasteiger partial charge in [0.1, 0.15) is 12.4 Å². The van der Waals surface area contributed by atoms with Gasteiger partial charge in [-0.2, -0.15) is 0 Å². The third-order valence-electron chi connectivity index (χ3n) is 5.26. The molecule has 9 heteroatoms. The van der Waals surface area contributed by atoms with Gasteiger partial charge < -0.3 is 10.1 Å². The number of nitrogens with zero attached hydrogens (tertiary/aromatic N) is 1. The summed E-state index contributed by atoms with van der Waals surface area (Å²) in [6.07, 6.45) is 1.12. The lowest BCUT2D eigenvalue weighted by Gasteiger charge is -2.23. The molecule has 0 saturated heterocycles. The summed E-state index contributed by atoms with van der Waals surface area (Å²) in [6.45, 7) is 4.98. The zero-order valence-electron chi connectivity index (χ0n) is 19.8. The number of carbonyl (C=O) groups is 1. The Hall–Kier alpha value is -2.74. The molecule has 0 unspecified atom stereocenters. The predicted molar refractivity (Wildman–Crippen MR) is 142 cm³/mol. The van der Waals surface area contributed by atoms with E-state index in [1.807, 2.05) is 24.3 Å². The number of nitrogens with one attached hydrogen (secondary N) is 1. The maximum Gasteiger partial charge on any atom is 0.251 e. The minimum absolute atomic E-state index is 0.0699. The quantitative estimate of drug-likeness (QED) is 0.329. The summed E-state index contributed by atoms with van der Waals surface area (Å²) in [6, 6.07) is 19.2. The Bertz CT molecular complexity index is 1260. The number of hydrogen-bond acceptors (Lipinski definition) is 4. The molecule has 0 radical (unpaired) electrons. The molecule has 0 fully saturated rings. The molecule has 3 aromatic rings. The summed E-state index contributed by atoms with van der Waals surface area (Å²) in [5.41, 5.74) is 2.66. The Morgan fingerprint density at radius 1 is 1.00 bits per heavy atom. The fourth-order valence-electron chi connectivity index (χ4n) is 3.53. The molecule has 35 heavy (non-hydrogen) atoms. The first-order chi connectivity index (χ1) is 16.5. The second-order valence-electron chi connectivity index (χ2n) is 8.39. The van der Waals surface area contributed by atoms with Gasteiger partial charge in [-0.25, -0.2) is 8.42 Å². The van der Waals surface area contributed by atoms with Crippen molar-refractivity contribution in [2.75, 3.05) is 23.7 Å². The summed E-state index contributed by atoms with van der Waals surface area (Å²) in [7, 11) is -3.60. The van der Waals surface area contributed by atoms with Gasteiger partial charge in [0.25, 0.3) is 5.91 Å². The monoisotopic (exact) mass is 534 g/mol. The number of carbonyl (C=O) groups excluding carboxylic acids is 1. The van der Waals surface area contributed by atoms with Crippen molar-refractivity contribution in [2.45, 2.75) is 26.3 Å².